The van der Waals surface area contributed by atoms with Crippen molar-refractivity contribution in [2.45, 2.75) is 13.3 Å². The van der Waals surface area contributed by atoms with Crippen LogP contribution in [0.4, 0.5) is 0 Å². The Morgan fingerprint density at radius 3 is 2.93 bits per heavy atom. The van der Waals surface area contributed by atoms with Gasteiger partial charge in [0.1, 0.15) is 6.61 Å². The first-order valence-electron chi connectivity index (χ1n) is 4.94. The lowest BCUT2D eigenvalue weighted by Crippen LogP contribution is -2.07. The Morgan fingerprint density at radius 1 is 1.47 bits per heavy atom. The zero-order valence-electron chi connectivity index (χ0n) is 8.84. The van der Waals surface area contributed by atoms with Gasteiger partial charge in [0.15, 0.2) is 11.5 Å². The van der Waals surface area contributed by atoms with Crippen molar-refractivity contribution in [3.63, 3.8) is 0 Å². The molecule has 2 rings (SSSR count). The third-order valence-corrected chi connectivity index (χ3v) is 2.94. The molecular weight excluding hydrogens is 256 g/mol. The molecule has 15 heavy (non-hydrogen) atoms. The van der Waals surface area contributed by atoms with E-state index in [4.69, 9.17) is 9.47 Å². The molecule has 0 spiro atoms. The van der Waals surface area contributed by atoms with Crippen LogP contribution < -0.4 is 9.47 Å². The molecule has 0 N–H and O–H groups in total. The Labute approximate surface area is 98.0 Å². The highest BCUT2D eigenvalue weighted by molar-refractivity contribution is 9.10. The van der Waals surface area contributed by atoms with Gasteiger partial charge in [-0.3, -0.25) is 0 Å². The van der Waals surface area contributed by atoms with Crippen molar-refractivity contribution in [1.29, 1.82) is 0 Å². The van der Waals surface area contributed by atoms with Crippen molar-refractivity contribution < 1.29 is 9.47 Å². The molecule has 0 aliphatic carbocycles. The largest absolute Gasteiger partial charge is 0.493 e. The van der Waals surface area contributed by atoms with Crippen molar-refractivity contribution in [3.05, 3.63) is 27.7 Å². The van der Waals surface area contributed by atoms with E-state index < -0.39 is 0 Å². The third kappa shape index (κ3) is 2.02. The van der Waals surface area contributed by atoms with Crippen LogP contribution in [0.3, 0.4) is 0 Å². The Bertz CT molecular complexity index is 410. The van der Waals surface area contributed by atoms with Gasteiger partial charge in [-0.2, -0.15) is 0 Å². The van der Waals surface area contributed by atoms with E-state index >= 15 is 0 Å². The fourth-order valence-electron chi connectivity index (χ4n) is 1.63. The van der Waals surface area contributed by atoms with E-state index in [1.54, 1.807) is 7.11 Å². The second-order valence-corrected chi connectivity index (χ2v) is 4.39. The maximum Gasteiger partial charge on any atom is 0.168 e. The molecule has 0 atom stereocenters. The molecule has 2 nitrogen and oxygen atoms in total. The molecule has 3 heteroatoms. The van der Waals surface area contributed by atoms with Crippen molar-refractivity contribution in [1.82, 2.24) is 0 Å². The smallest absolute Gasteiger partial charge is 0.168 e. The minimum absolute atomic E-state index is 0.668. The summed E-state index contributed by atoms with van der Waals surface area (Å²) in [6.07, 6.45) is 3.19. The number of fused-ring (bicyclic) bond motifs is 1. The predicted molar refractivity (Wildman–Crippen MR) is 64.5 cm³/mol. The van der Waals surface area contributed by atoms with E-state index in [9.17, 15) is 0 Å². The fourth-order valence-corrected chi connectivity index (χ4v) is 2.09. The van der Waals surface area contributed by atoms with E-state index in [2.05, 4.69) is 28.9 Å². The van der Waals surface area contributed by atoms with Crippen molar-refractivity contribution in [2.24, 2.45) is 0 Å². The number of rotatable bonds is 2. The van der Waals surface area contributed by atoms with Crippen molar-refractivity contribution >= 4 is 22.0 Å². The van der Waals surface area contributed by atoms with Gasteiger partial charge in [0, 0.05) is 10.0 Å². The summed E-state index contributed by atoms with van der Waals surface area (Å²) < 4.78 is 12.0. The molecule has 0 unspecified atom stereocenters. The van der Waals surface area contributed by atoms with Crippen LogP contribution in [0.15, 0.2) is 22.2 Å². The Hall–Kier alpha value is -0.960. The molecule has 1 heterocycles. The highest BCUT2D eigenvalue weighted by atomic mass is 79.9. The summed E-state index contributed by atoms with van der Waals surface area (Å²) in [7, 11) is 1.66. The molecule has 1 aliphatic rings. The first-order valence-corrected chi connectivity index (χ1v) is 5.73. The predicted octanol–water partition coefficient (Wildman–Crippen LogP) is 3.64. The SMILES string of the molecule is CCC1=Cc2cc(Br)cc(OC)c2OC1. The Morgan fingerprint density at radius 2 is 2.27 bits per heavy atom. The van der Waals surface area contributed by atoms with E-state index in [-0.39, 0.29) is 0 Å². The van der Waals surface area contributed by atoms with E-state index in [0.29, 0.717) is 6.61 Å². The van der Waals surface area contributed by atoms with Crippen LogP contribution in [-0.2, 0) is 0 Å². The maximum atomic E-state index is 5.69. The molecule has 0 aromatic heterocycles. The van der Waals surface area contributed by atoms with Gasteiger partial charge in [-0.1, -0.05) is 22.9 Å². The van der Waals surface area contributed by atoms with Crippen molar-refractivity contribution in [2.75, 3.05) is 13.7 Å². The molecule has 0 saturated carbocycles. The first kappa shape index (κ1) is 10.6. The van der Waals surface area contributed by atoms with Gasteiger partial charge < -0.3 is 9.47 Å². The second kappa shape index (κ2) is 4.27. The second-order valence-electron chi connectivity index (χ2n) is 3.47. The van der Waals surface area contributed by atoms with Gasteiger partial charge in [-0.25, -0.2) is 0 Å². The van der Waals surface area contributed by atoms with Gasteiger partial charge >= 0.3 is 0 Å². The Balaban J connectivity index is 2.51. The lowest BCUT2D eigenvalue weighted by atomic mass is 10.1. The van der Waals surface area contributed by atoms with Crippen LogP contribution in [0, 0.1) is 0 Å². The minimum atomic E-state index is 0.668. The topological polar surface area (TPSA) is 18.5 Å². The van der Waals surface area contributed by atoms with Crippen molar-refractivity contribution in [3.8, 4) is 11.5 Å². The lowest BCUT2D eigenvalue weighted by molar-refractivity contribution is 0.313. The highest BCUT2D eigenvalue weighted by Crippen LogP contribution is 2.38. The highest BCUT2D eigenvalue weighted by Gasteiger charge is 2.16. The van der Waals surface area contributed by atoms with Gasteiger partial charge in [-0.05, 0) is 30.2 Å². The monoisotopic (exact) mass is 268 g/mol. The summed E-state index contributed by atoms with van der Waals surface area (Å²) in [6.45, 7) is 2.80. The van der Waals surface area contributed by atoms with Crippen LogP contribution in [0.25, 0.3) is 6.08 Å². The molecule has 80 valence electrons. The van der Waals surface area contributed by atoms with Crippen LogP contribution in [0.1, 0.15) is 18.9 Å². The minimum Gasteiger partial charge on any atom is -0.493 e. The summed E-state index contributed by atoms with van der Waals surface area (Å²) in [5.41, 5.74) is 2.40. The number of hydrogen-bond acceptors (Lipinski definition) is 2. The molecule has 0 fully saturated rings. The maximum absolute atomic E-state index is 5.69. The van der Waals surface area contributed by atoms with Crippen LogP contribution >= 0.6 is 15.9 Å². The molecule has 1 aromatic carbocycles. The zero-order chi connectivity index (χ0) is 10.8. The van der Waals surface area contributed by atoms with E-state index in [1.165, 1.54) is 5.57 Å². The average molecular weight is 269 g/mol. The summed E-state index contributed by atoms with van der Waals surface area (Å²) in [5, 5.41) is 0. The Kier molecular flexibility index (Phi) is 3.00. The molecular formula is C12H13BrO2. The van der Waals surface area contributed by atoms with Gasteiger partial charge in [0.25, 0.3) is 0 Å². The molecule has 0 saturated heterocycles. The molecule has 0 amide bonds. The normalized spacial score (nSPS) is 13.9. The quantitative estimate of drug-likeness (QED) is 0.816. The van der Waals surface area contributed by atoms with Gasteiger partial charge in [0.2, 0.25) is 0 Å². The number of methoxy groups -OCH3 is 1. The summed E-state index contributed by atoms with van der Waals surface area (Å²) >= 11 is 3.46. The average Bonchev–Trinajstić information content (AvgIpc) is 2.26. The zero-order valence-corrected chi connectivity index (χ0v) is 10.4. The fraction of sp³-hybridized carbons (Fsp3) is 0.333. The third-order valence-electron chi connectivity index (χ3n) is 2.48. The standard InChI is InChI=1S/C12H13BrO2/c1-3-8-4-9-5-10(13)6-11(14-2)12(9)15-7-8/h4-6H,3,7H2,1-2H3. The number of halogens is 1. The summed E-state index contributed by atoms with van der Waals surface area (Å²) in [6, 6.07) is 3.97. The van der Waals surface area contributed by atoms with Crippen LogP contribution in [0.5, 0.6) is 11.5 Å². The summed E-state index contributed by atoms with van der Waals surface area (Å²) in [4.78, 5) is 0. The van der Waals surface area contributed by atoms with Crippen LogP contribution in [-0.4, -0.2) is 13.7 Å². The molecule has 1 aromatic rings. The van der Waals surface area contributed by atoms with Crippen LogP contribution in [0.2, 0.25) is 0 Å². The lowest BCUT2D eigenvalue weighted by Gasteiger charge is -2.19. The molecule has 1 aliphatic heterocycles. The molecule has 0 radical (unpaired) electrons. The summed E-state index contributed by atoms with van der Waals surface area (Å²) in [5.74, 6) is 1.63. The first-order chi connectivity index (χ1) is 7.24. The van der Waals surface area contributed by atoms with Gasteiger partial charge in [0.05, 0.1) is 7.11 Å². The van der Waals surface area contributed by atoms with Gasteiger partial charge in [-0.15, -0.1) is 0 Å². The number of ether oxygens (including phenoxy) is 2. The number of hydrogen-bond donors (Lipinski definition) is 0. The van der Waals surface area contributed by atoms with E-state index in [0.717, 1.165) is 28.0 Å². The molecule has 0 bridgehead atoms. The number of benzene rings is 1. The van der Waals surface area contributed by atoms with E-state index in [1.807, 2.05) is 12.1 Å².